The molecule has 3 aromatic rings. The predicted octanol–water partition coefficient (Wildman–Crippen LogP) is 2.65. The average Bonchev–Trinajstić information content (AvgIpc) is 2.97. The molecule has 0 bridgehead atoms. The molecule has 0 aliphatic rings. The number of nitrogens with zero attached hydrogens (tertiary/aromatic N) is 1. The van der Waals surface area contributed by atoms with Gasteiger partial charge in [0.05, 0.1) is 17.4 Å². The second-order valence-electron chi connectivity index (χ2n) is 5.93. The normalized spacial score (nSPS) is 12.9. The number of hydrogen-bond donors (Lipinski definition) is 1. The molecule has 0 aliphatic carbocycles. The molecule has 3 rings (SSSR count). The third-order valence-electron chi connectivity index (χ3n) is 3.97. The zero-order valence-electron chi connectivity index (χ0n) is 13.9. The second kappa shape index (κ2) is 6.68. The average molecular weight is 358 g/mol. The van der Waals surface area contributed by atoms with Gasteiger partial charge in [0.15, 0.2) is 15.4 Å². The summed E-state index contributed by atoms with van der Waals surface area (Å²) in [6.07, 6.45) is 1.28. The van der Waals surface area contributed by atoms with Gasteiger partial charge in [-0.15, -0.1) is 0 Å². The zero-order valence-corrected chi connectivity index (χ0v) is 14.7. The van der Waals surface area contributed by atoms with Gasteiger partial charge >= 0.3 is 0 Å². The van der Waals surface area contributed by atoms with Gasteiger partial charge in [0.1, 0.15) is 5.69 Å². The van der Waals surface area contributed by atoms with Crippen LogP contribution in [0.1, 0.15) is 24.2 Å². The largest absolute Gasteiger partial charge is 0.356 e. The number of rotatable bonds is 5. The first-order chi connectivity index (χ1) is 11.8. The maximum atomic E-state index is 12.3. The first kappa shape index (κ1) is 17.2. The molecule has 1 heterocycles. The number of amides is 1. The fraction of sp³-hybridized carbons (Fsp3) is 0.222. The van der Waals surface area contributed by atoms with Gasteiger partial charge in [0.25, 0.3) is 0 Å². The number of carbonyl (C=O) groups excluding carboxylic acids is 1. The monoisotopic (exact) mass is 358 g/mol. The Balaban J connectivity index is 1.68. The van der Waals surface area contributed by atoms with E-state index in [-0.39, 0.29) is 23.3 Å². The lowest BCUT2D eigenvalue weighted by Crippen LogP contribution is -2.28. The minimum absolute atomic E-state index is 0.114. The molecule has 7 heteroatoms. The molecule has 2 aromatic carbocycles. The van der Waals surface area contributed by atoms with E-state index in [1.807, 2.05) is 25.1 Å². The number of benzene rings is 2. The zero-order chi connectivity index (χ0) is 18.0. The van der Waals surface area contributed by atoms with Crippen LogP contribution in [0, 0.1) is 0 Å². The smallest absolute Gasteiger partial charge is 0.226 e. The van der Waals surface area contributed by atoms with Crippen molar-refractivity contribution in [3.05, 3.63) is 59.8 Å². The lowest BCUT2D eigenvalue weighted by atomic mass is 10.1. The summed E-state index contributed by atoms with van der Waals surface area (Å²) in [7, 11) is -3.23. The summed E-state index contributed by atoms with van der Waals surface area (Å²) in [6, 6.07) is 13.6. The number of aromatic nitrogens is 1. The predicted molar refractivity (Wildman–Crippen MR) is 93.8 cm³/mol. The molecule has 130 valence electrons. The van der Waals surface area contributed by atoms with Crippen molar-refractivity contribution in [3.8, 4) is 0 Å². The number of carbonyl (C=O) groups is 1. The van der Waals surface area contributed by atoms with Gasteiger partial charge in [-0.05, 0) is 36.8 Å². The van der Waals surface area contributed by atoms with Crippen molar-refractivity contribution in [1.29, 1.82) is 0 Å². The molecule has 25 heavy (non-hydrogen) atoms. The van der Waals surface area contributed by atoms with Gasteiger partial charge in [-0.25, -0.2) is 8.42 Å². The molecule has 0 radical (unpaired) electrons. The van der Waals surface area contributed by atoms with Crippen molar-refractivity contribution >= 4 is 26.7 Å². The Morgan fingerprint density at radius 3 is 2.52 bits per heavy atom. The highest BCUT2D eigenvalue weighted by Gasteiger charge is 2.15. The summed E-state index contributed by atoms with van der Waals surface area (Å²) in [5.74, 6) is -0.182. The highest BCUT2D eigenvalue weighted by Crippen LogP contribution is 2.19. The van der Waals surface area contributed by atoms with Crippen molar-refractivity contribution < 1.29 is 17.7 Å². The number of hydrogen-bond acceptors (Lipinski definition) is 5. The summed E-state index contributed by atoms with van der Waals surface area (Å²) >= 11 is 0. The van der Waals surface area contributed by atoms with Crippen molar-refractivity contribution in [2.75, 3.05) is 6.26 Å². The Morgan fingerprint density at radius 2 is 1.84 bits per heavy atom. The van der Waals surface area contributed by atoms with Gasteiger partial charge < -0.3 is 9.84 Å². The Morgan fingerprint density at radius 1 is 1.16 bits per heavy atom. The molecular weight excluding hydrogens is 340 g/mol. The van der Waals surface area contributed by atoms with Crippen molar-refractivity contribution in [1.82, 2.24) is 10.5 Å². The van der Waals surface area contributed by atoms with Crippen LogP contribution < -0.4 is 5.32 Å². The van der Waals surface area contributed by atoms with Crippen LogP contribution in [0.2, 0.25) is 0 Å². The second-order valence-corrected chi connectivity index (χ2v) is 7.95. The molecular formula is C18H18N2O4S. The van der Waals surface area contributed by atoms with E-state index in [9.17, 15) is 13.2 Å². The van der Waals surface area contributed by atoms with Crippen molar-refractivity contribution in [2.24, 2.45) is 0 Å². The van der Waals surface area contributed by atoms with Crippen LogP contribution in [0.4, 0.5) is 0 Å². The Kier molecular flexibility index (Phi) is 4.59. The molecule has 0 spiro atoms. The fourth-order valence-electron chi connectivity index (χ4n) is 2.60. The van der Waals surface area contributed by atoms with Gasteiger partial charge in [0.2, 0.25) is 5.91 Å². The van der Waals surface area contributed by atoms with Gasteiger partial charge in [-0.1, -0.05) is 29.4 Å². The molecule has 0 unspecified atom stereocenters. The minimum atomic E-state index is -3.23. The van der Waals surface area contributed by atoms with Crippen molar-refractivity contribution in [3.63, 3.8) is 0 Å². The molecule has 0 saturated carbocycles. The Labute approximate surface area is 145 Å². The van der Waals surface area contributed by atoms with Crippen LogP contribution >= 0.6 is 0 Å². The highest BCUT2D eigenvalue weighted by molar-refractivity contribution is 7.90. The van der Waals surface area contributed by atoms with E-state index in [2.05, 4.69) is 10.5 Å². The molecule has 0 aliphatic heterocycles. The van der Waals surface area contributed by atoms with E-state index in [4.69, 9.17) is 4.52 Å². The van der Waals surface area contributed by atoms with E-state index < -0.39 is 9.84 Å². The van der Waals surface area contributed by atoms with Crippen molar-refractivity contribution in [2.45, 2.75) is 24.3 Å². The fourth-order valence-corrected chi connectivity index (χ4v) is 3.23. The quantitative estimate of drug-likeness (QED) is 0.757. The summed E-state index contributed by atoms with van der Waals surface area (Å²) in [4.78, 5) is 12.5. The van der Waals surface area contributed by atoms with E-state index in [1.165, 1.54) is 0 Å². The summed E-state index contributed by atoms with van der Waals surface area (Å²) in [6.45, 7) is 1.84. The number of sulfone groups is 1. The number of fused-ring (bicyclic) bond motifs is 1. The molecule has 0 saturated heterocycles. The molecule has 1 atom stereocenters. The maximum Gasteiger partial charge on any atom is 0.226 e. The summed E-state index contributed by atoms with van der Waals surface area (Å²) in [5.41, 5.74) is 2.06. The molecule has 1 N–H and O–H groups in total. The lowest BCUT2D eigenvalue weighted by Gasteiger charge is -2.14. The first-order valence-corrected chi connectivity index (χ1v) is 9.66. The molecule has 1 aromatic heterocycles. The first-order valence-electron chi connectivity index (χ1n) is 7.77. The molecule has 1 amide bonds. The van der Waals surface area contributed by atoms with Crippen LogP contribution in [-0.4, -0.2) is 25.7 Å². The lowest BCUT2D eigenvalue weighted by molar-refractivity contribution is -0.121. The Bertz CT molecular complexity index is 1010. The van der Waals surface area contributed by atoms with Crippen LogP contribution in [0.5, 0.6) is 0 Å². The van der Waals surface area contributed by atoms with E-state index in [1.54, 1.807) is 30.3 Å². The van der Waals surface area contributed by atoms with Gasteiger partial charge in [-0.3, -0.25) is 4.79 Å². The van der Waals surface area contributed by atoms with Crippen LogP contribution in [-0.2, 0) is 21.1 Å². The number of para-hydroxylation sites is 1. The SMILES string of the molecule is C[C@H](NC(=O)Cc1noc2ccccc12)c1ccc(S(C)(=O)=O)cc1. The van der Waals surface area contributed by atoms with Gasteiger partial charge in [0, 0.05) is 11.6 Å². The van der Waals surface area contributed by atoms with E-state index >= 15 is 0 Å². The summed E-state index contributed by atoms with van der Waals surface area (Å²) in [5, 5.41) is 7.66. The van der Waals surface area contributed by atoms with E-state index in [0.29, 0.717) is 11.3 Å². The Hall–Kier alpha value is -2.67. The van der Waals surface area contributed by atoms with Crippen LogP contribution in [0.25, 0.3) is 11.0 Å². The maximum absolute atomic E-state index is 12.3. The summed E-state index contributed by atoms with van der Waals surface area (Å²) < 4.78 is 28.2. The van der Waals surface area contributed by atoms with Crippen LogP contribution in [0.15, 0.2) is 57.9 Å². The topological polar surface area (TPSA) is 89.3 Å². The number of nitrogens with one attached hydrogen (secondary N) is 1. The molecule has 6 nitrogen and oxygen atoms in total. The standard InChI is InChI=1S/C18H18N2O4S/c1-12(13-7-9-14(10-8-13)25(2,22)23)19-18(21)11-16-15-5-3-4-6-17(15)24-20-16/h3-10,12H,11H2,1-2H3,(H,19,21)/t12-/m0/s1. The third-order valence-corrected chi connectivity index (χ3v) is 5.09. The highest BCUT2D eigenvalue weighted by atomic mass is 32.2. The minimum Gasteiger partial charge on any atom is -0.356 e. The van der Waals surface area contributed by atoms with E-state index in [0.717, 1.165) is 17.2 Å². The van der Waals surface area contributed by atoms with Crippen LogP contribution in [0.3, 0.4) is 0 Å². The third kappa shape index (κ3) is 3.88. The molecule has 0 fully saturated rings. The van der Waals surface area contributed by atoms with Gasteiger partial charge in [-0.2, -0.15) is 0 Å².